The van der Waals surface area contributed by atoms with Crippen molar-refractivity contribution in [1.82, 2.24) is 4.98 Å². The second-order valence-corrected chi connectivity index (χ2v) is 12.9. The Kier molecular flexibility index (Phi) is 7.53. The van der Waals surface area contributed by atoms with Gasteiger partial charge in [0, 0.05) is 50.7 Å². The molecule has 3 aliphatic rings. The van der Waals surface area contributed by atoms with E-state index in [1.807, 2.05) is 4.90 Å². The van der Waals surface area contributed by atoms with Crippen molar-refractivity contribution >= 4 is 38.8 Å². The number of nitrogens with two attached hydrogens (primary N) is 1. The number of carbonyl (C=O) groups is 1. The van der Waals surface area contributed by atoms with Crippen molar-refractivity contribution in [3.05, 3.63) is 39.9 Å². The Morgan fingerprint density at radius 2 is 1.68 bits per heavy atom. The molecule has 41 heavy (non-hydrogen) atoms. The predicted molar refractivity (Wildman–Crippen MR) is 149 cm³/mol. The number of nitro groups is 1. The summed E-state index contributed by atoms with van der Waals surface area (Å²) in [7, 11) is -4.03. The number of alkyl halides is 2. The lowest BCUT2D eigenvalue weighted by molar-refractivity contribution is -0.384. The number of amides is 1. The number of pyridine rings is 1. The number of aliphatic hydroxyl groups excluding tert-OH is 1. The van der Waals surface area contributed by atoms with Crippen LogP contribution in [0.2, 0.25) is 0 Å². The topological polar surface area (TPSA) is 172 Å². The molecule has 0 radical (unpaired) electrons. The molecule has 222 valence electrons. The van der Waals surface area contributed by atoms with Gasteiger partial charge < -0.3 is 20.6 Å². The van der Waals surface area contributed by atoms with Crippen LogP contribution in [-0.4, -0.2) is 73.8 Å². The zero-order chi connectivity index (χ0) is 29.6. The smallest absolute Gasteiger partial charge is 0.311 e. The highest BCUT2D eigenvalue weighted by Gasteiger charge is 2.45. The average Bonchev–Trinajstić information content (AvgIpc) is 3.66. The Hall–Kier alpha value is -3.59. The predicted octanol–water partition coefficient (Wildman–Crippen LogP) is 3.11. The fraction of sp³-hybridized carbons (Fsp3) is 0.538. The summed E-state index contributed by atoms with van der Waals surface area (Å²) in [5, 5.41) is 21.2. The second-order valence-electron chi connectivity index (χ2n) is 11.0. The highest BCUT2D eigenvalue weighted by molar-refractivity contribution is 7.92. The molecule has 2 aromatic rings. The van der Waals surface area contributed by atoms with Crippen LogP contribution in [0.4, 0.5) is 31.7 Å². The molecular weight excluding hydrogens is 562 g/mol. The summed E-state index contributed by atoms with van der Waals surface area (Å²) in [4.78, 5) is 31.8. The van der Waals surface area contributed by atoms with Crippen molar-refractivity contribution in [2.45, 2.75) is 44.4 Å². The van der Waals surface area contributed by atoms with Crippen molar-refractivity contribution in [1.29, 1.82) is 0 Å². The first-order chi connectivity index (χ1) is 19.3. The SMILES string of the molecule is NC(=O)c1ccc(NS(=O)(=O)CCO)c(-c2ccc([N+](=O)[O-])c(N3CCC(F)(F)CC3)n2)c1N1CCC2(CC1)CC2. The van der Waals surface area contributed by atoms with Crippen LogP contribution in [0.5, 0.6) is 0 Å². The van der Waals surface area contributed by atoms with Crippen molar-refractivity contribution in [3.63, 3.8) is 0 Å². The molecule has 3 heterocycles. The molecule has 4 N–H and O–H groups in total. The first-order valence-electron chi connectivity index (χ1n) is 13.5. The third-order valence-corrected chi connectivity index (χ3v) is 9.52. The number of halogens is 2. The Morgan fingerprint density at radius 3 is 2.24 bits per heavy atom. The minimum absolute atomic E-state index is 0.0441. The van der Waals surface area contributed by atoms with Crippen molar-refractivity contribution in [2.75, 3.05) is 53.1 Å². The Balaban J connectivity index is 1.69. The van der Waals surface area contributed by atoms with E-state index in [4.69, 9.17) is 5.73 Å². The fourth-order valence-corrected chi connectivity index (χ4v) is 6.53. The summed E-state index contributed by atoms with van der Waals surface area (Å²) >= 11 is 0. The first-order valence-corrected chi connectivity index (χ1v) is 15.1. The van der Waals surface area contributed by atoms with E-state index in [0.29, 0.717) is 18.8 Å². The number of rotatable bonds is 9. The van der Waals surface area contributed by atoms with Gasteiger partial charge in [-0.1, -0.05) is 0 Å². The standard InChI is InChI=1S/C26H32F2N6O6S/c27-26(28)9-13-33(14-10-26)24-20(34(37)38)4-3-18(30-24)21-19(31-41(39,40)16-15-35)2-1-17(23(29)36)22(21)32-11-7-25(5-6-25)8-12-32/h1-4,31,35H,5-16H2,(H2,29,36). The number of nitrogens with zero attached hydrogens (tertiary/aromatic N) is 4. The van der Waals surface area contributed by atoms with E-state index in [-0.39, 0.29) is 52.5 Å². The molecule has 15 heteroatoms. The van der Waals surface area contributed by atoms with Crippen LogP contribution in [0, 0.1) is 15.5 Å². The largest absolute Gasteiger partial charge is 0.395 e. The number of primary amides is 1. The third-order valence-electron chi connectivity index (χ3n) is 8.27. The number of nitrogens with one attached hydrogen (secondary N) is 1. The molecule has 1 saturated carbocycles. The molecule has 1 aliphatic carbocycles. The molecule has 12 nitrogen and oxygen atoms in total. The first kappa shape index (κ1) is 28.9. The van der Waals surface area contributed by atoms with Crippen LogP contribution in [0.15, 0.2) is 24.3 Å². The molecule has 3 fully saturated rings. The quantitative estimate of drug-likeness (QED) is 0.291. The lowest BCUT2D eigenvalue weighted by Gasteiger charge is -2.36. The van der Waals surface area contributed by atoms with Gasteiger partial charge >= 0.3 is 5.69 Å². The van der Waals surface area contributed by atoms with Crippen LogP contribution in [0.1, 0.15) is 48.9 Å². The van der Waals surface area contributed by atoms with Crippen LogP contribution in [0.25, 0.3) is 11.3 Å². The van der Waals surface area contributed by atoms with E-state index in [9.17, 15) is 37.2 Å². The Labute approximate surface area is 235 Å². The highest BCUT2D eigenvalue weighted by Crippen LogP contribution is 2.55. The minimum Gasteiger partial charge on any atom is -0.395 e. The van der Waals surface area contributed by atoms with E-state index in [0.717, 1.165) is 25.7 Å². The Bertz CT molecular complexity index is 1460. The van der Waals surface area contributed by atoms with Gasteiger partial charge in [0.25, 0.3) is 11.8 Å². The summed E-state index contributed by atoms with van der Waals surface area (Å²) in [5.74, 6) is -4.36. The number of carbonyl (C=O) groups excluding carboxylic acids is 1. The van der Waals surface area contributed by atoms with Gasteiger partial charge in [-0.3, -0.25) is 19.6 Å². The lowest BCUT2D eigenvalue weighted by atomic mass is 9.91. The molecule has 1 aromatic heterocycles. The number of benzene rings is 1. The van der Waals surface area contributed by atoms with E-state index in [1.165, 1.54) is 29.2 Å². The summed E-state index contributed by atoms with van der Waals surface area (Å²) in [6.45, 7) is 0.179. The number of sulfonamides is 1. The monoisotopic (exact) mass is 594 g/mol. The molecule has 2 aliphatic heterocycles. The second kappa shape index (κ2) is 10.7. The van der Waals surface area contributed by atoms with Gasteiger partial charge in [0.15, 0.2) is 0 Å². The molecular formula is C26H32F2N6O6S. The van der Waals surface area contributed by atoms with E-state index >= 15 is 0 Å². The minimum atomic E-state index is -4.03. The van der Waals surface area contributed by atoms with Gasteiger partial charge in [0.05, 0.1) is 39.9 Å². The molecule has 1 aromatic carbocycles. The maximum Gasteiger partial charge on any atom is 0.311 e. The van der Waals surface area contributed by atoms with Crippen LogP contribution < -0.4 is 20.3 Å². The molecule has 0 atom stereocenters. The van der Waals surface area contributed by atoms with Crippen LogP contribution in [0.3, 0.4) is 0 Å². The molecule has 5 rings (SSSR count). The van der Waals surface area contributed by atoms with Gasteiger partial charge in [-0.2, -0.15) is 0 Å². The number of hydrogen-bond acceptors (Lipinski definition) is 9. The van der Waals surface area contributed by atoms with Crippen LogP contribution in [-0.2, 0) is 10.0 Å². The van der Waals surface area contributed by atoms with Gasteiger partial charge in [-0.25, -0.2) is 22.2 Å². The number of aromatic nitrogens is 1. The van der Waals surface area contributed by atoms with Gasteiger partial charge in [-0.15, -0.1) is 0 Å². The molecule has 2 saturated heterocycles. The van der Waals surface area contributed by atoms with Gasteiger partial charge in [0.2, 0.25) is 15.8 Å². The zero-order valence-electron chi connectivity index (χ0n) is 22.3. The molecule has 1 amide bonds. The fourth-order valence-electron chi connectivity index (χ4n) is 5.68. The maximum atomic E-state index is 13.9. The number of aliphatic hydroxyl groups is 1. The van der Waals surface area contributed by atoms with Gasteiger partial charge in [0.1, 0.15) is 0 Å². The van der Waals surface area contributed by atoms with Crippen LogP contribution >= 0.6 is 0 Å². The highest BCUT2D eigenvalue weighted by atomic mass is 32.2. The normalized spacial score (nSPS) is 19.7. The van der Waals surface area contributed by atoms with Crippen molar-refractivity contribution in [2.24, 2.45) is 11.1 Å². The molecule has 1 spiro atoms. The van der Waals surface area contributed by atoms with Crippen molar-refractivity contribution in [3.8, 4) is 11.3 Å². The van der Waals surface area contributed by atoms with Gasteiger partial charge in [-0.05, 0) is 49.3 Å². The van der Waals surface area contributed by atoms with E-state index in [1.54, 1.807) is 0 Å². The van der Waals surface area contributed by atoms with Crippen molar-refractivity contribution < 1.29 is 32.0 Å². The number of anilines is 3. The van der Waals surface area contributed by atoms with E-state index < -0.39 is 52.0 Å². The van der Waals surface area contributed by atoms with E-state index in [2.05, 4.69) is 9.71 Å². The summed E-state index contributed by atoms with van der Waals surface area (Å²) < 4.78 is 55.7. The third kappa shape index (κ3) is 6.05. The molecule has 0 bridgehead atoms. The Morgan fingerprint density at radius 1 is 1.05 bits per heavy atom. The maximum absolute atomic E-state index is 13.9. The summed E-state index contributed by atoms with van der Waals surface area (Å²) in [6, 6.07) is 5.33. The average molecular weight is 595 g/mol. The number of hydrogen-bond donors (Lipinski definition) is 3. The number of piperidine rings is 2. The lowest BCUT2D eigenvalue weighted by Crippen LogP contribution is -2.40. The molecule has 0 unspecified atom stereocenters. The summed E-state index contributed by atoms with van der Waals surface area (Å²) in [5.41, 5.74) is 6.46. The zero-order valence-corrected chi connectivity index (χ0v) is 23.1. The summed E-state index contributed by atoms with van der Waals surface area (Å²) in [6.07, 6.45) is 2.98.